The molecule has 1 amide bonds. The van der Waals surface area contributed by atoms with Gasteiger partial charge in [-0.15, -0.1) is 0 Å². The summed E-state index contributed by atoms with van der Waals surface area (Å²) >= 11 is 0. The van der Waals surface area contributed by atoms with Crippen LogP contribution < -0.4 is 0 Å². The third kappa shape index (κ3) is 3.48. The van der Waals surface area contributed by atoms with Gasteiger partial charge in [0.2, 0.25) is 5.91 Å². The van der Waals surface area contributed by atoms with Gasteiger partial charge in [-0.05, 0) is 48.1 Å². The number of rotatable bonds is 5. The van der Waals surface area contributed by atoms with Crippen molar-refractivity contribution in [2.45, 2.75) is 38.5 Å². The zero-order valence-electron chi connectivity index (χ0n) is 15.7. The number of H-pyrrole nitrogens is 1. The predicted octanol–water partition coefficient (Wildman–Crippen LogP) is 5.01. The van der Waals surface area contributed by atoms with E-state index in [1.165, 1.54) is 17.7 Å². The molecule has 1 N–H and O–H groups in total. The Morgan fingerprint density at radius 1 is 1.15 bits per heavy atom. The van der Waals surface area contributed by atoms with Crippen molar-refractivity contribution in [3.05, 3.63) is 71.2 Å². The number of benzene rings is 2. The van der Waals surface area contributed by atoms with E-state index in [-0.39, 0.29) is 17.6 Å². The number of halogens is 1. The molecule has 1 unspecified atom stereocenters. The van der Waals surface area contributed by atoms with Gasteiger partial charge in [0.05, 0.1) is 0 Å². The van der Waals surface area contributed by atoms with Crippen LogP contribution in [0.25, 0.3) is 10.9 Å². The highest BCUT2D eigenvalue weighted by atomic mass is 19.1. The molecule has 0 spiro atoms. The first kappa shape index (κ1) is 17.8. The van der Waals surface area contributed by atoms with Crippen molar-refractivity contribution < 1.29 is 9.18 Å². The summed E-state index contributed by atoms with van der Waals surface area (Å²) in [5.41, 5.74) is 4.49. The summed E-state index contributed by atoms with van der Waals surface area (Å²) in [5, 5.41) is 1.15. The van der Waals surface area contributed by atoms with Crippen LogP contribution >= 0.6 is 0 Å². The van der Waals surface area contributed by atoms with Crippen LogP contribution in [0.15, 0.2) is 48.7 Å². The van der Waals surface area contributed by atoms with Gasteiger partial charge < -0.3 is 9.88 Å². The Labute approximate surface area is 159 Å². The zero-order chi connectivity index (χ0) is 18.8. The van der Waals surface area contributed by atoms with Crippen molar-refractivity contribution in [2.75, 3.05) is 13.1 Å². The smallest absolute Gasteiger partial charge is 0.223 e. The lowest BCUT2D eigenvalue weighted by Crippen LogP contribution is -2.29. The number of carbonyl (C=O) groups excluding carboxylic acids is 1. The Bertz CT molecular complexity index is 939. The van der Waals surface area contributed by atoms with Gasteiger partial charge >= 0.3 is 0 Å². The van der Waals surface area contributed by atoms with Crippen LogP contribution in [0, 0.1) is 5.82 Å². The van der Waals surface area contributed by atoms with Crippen LogP contribution in [0.2, 0.25) is 0 Å². The first-order valence-corrected chi connectivity index (χ1v) is 9.79. The Kier molecular flexibility index (Phi) is 4.97. The van der Waals surface area contributed by atoms with Crippen LogP contribution in [0.3, 0.4) is 0 Å². The second kappa shape index (κ2) is 7.55. The molecule has 27 heavy (non-hydrogen) atoms. The molecule has 140 valence electrons. The minimum Gasteiger partial charge on any atom is -0.361 e. The summed E-state index contributed by atoms with van der Waals surface area (Å²) in [5.74, 6) is -0.155. The van der Waals surface area contributed by atoms with Gasteiger partial charge in [0.25, 0.3) is 0 Å². The maximum atomic E-state index is 13.5. The number of amides is 1. The third-order valence-electron chi connectivity index (χ3n) is 5.70. The van der Waals surface area contributed by atoms with Crippen LogP contribution in [-0.2, 0) is 11.2 Å². The number of carbonyl (C=O) groups is 1. The number of likely N-dealkylation sites (tertiary alicyclic amines) is 1. The highest BCUT2D eigenvalue weighted by Crippen LogP contribution is 2.35. The predicted molar refractivity (Wildman–Crippen MR) is 106 cm³/mol. The molecule has 3 nitrogen and oxygen atoms in total. The molecule has 1 atom stereocenters. The molecule has 1 aliphatic rings. The van der Waals surface area contributed by atoms with E-state index in [4.69, 9.17) is 0 Å². The molecule has 4 heteroatoms. The molecule has 1 fully saturated rings. The number of para-hydroxylation sites is 1. The summed E-state index contributed by atoms with van der Waals surface area (Å²) in [6, 6.07) is 12.9. The van der Waals surface area contributed by atoms with E-state index in [9.17, 15) is 9.18 Å². The molecule has 1 aliphatic heterocycles. The van der Waals surface area contributed by atoms with Crippen LogP contribution in [0.4, 0.5) is 4.39 Å². The lowest BCUT2D eigenvalue weighted by atomic mass is 9.87. The first-order chi connectivity index (χ1) is 13.2. The number of aryl methyl sites for hydroxylation is 1. The maximum absolute atomic E-state index is 13.5. The second-order valence-corrected chi connectivity index (χ2v) is 7.33. The molecule has 1 aromatic heterocycles. The summed E-state index contributed by atoms with van der Waals surface area (Å²) in [7, 11) is 0. The highest BCUT2D eigenvalue weighted by molar-refractivity contribution is 5.88. The van der Waals surface area contributed by atoms with Gasteiger partial charge in [-0.1, -0.05) is 37.3 Å². The second-order valence-electron chi connectivity index (χ2n) is 7.33. The van der Waals surface area contributed by atoms with Crippen LogP contribution in [0.1, 0.15) is 48.8 Å². The minimum absolute atomic E-state index is 0.0837. The zero-order valence-corrected chi connectivity index (χ0v) is 15.7. The Morgan fingerprint density at radius 3 is 2.59 bits per heavy atom. The van der Waals surface area contributed by atoms with E-state index in [2.05, 4.69) is 30.1 Å². The monoisotopic (exact) mass is 364 g/mol. The molecular weight excluding hydrogens is 339 g/mol. The molecule has 0 aliphatic carbocycles. The first-order valence-electron chi connectivity index (χ1n) is 9.79. The van der Waals surface area contributed by atoms with E-state index >= 15 is 0 Å². The summed E-state index contributed by atoms with van der Waals surface area (Å²) in [4.78, 5) is 18.3. The lowest BCUT2D eigenvalue weighted by molar-refractivity contribution is -0.130. The number of fused-ring (bicyclic) bond motifs is 1. The average Bonchev–Trinajstić information content (AvgIpc) is 3.36. The Morgan fingerprint density at radius 2 is 1.89 bits per heavy atom. The van der Waals surface area contributed by atoms with Crippen molar-refractivity contribution in [3.8, 4) is 0 Å². The number of aromatic nitrogens is 1. The quantitative estimate of drug-likeness (QED) is 0.678. The molecule has 2 heterocycles. The van der Waals surface area contributed by atoms with E-state index in [0.29, 0.717) is 6.42 Å². The lowest BCUT2D eigenvalue weighted by Gasteiger charge is -2.21. The van der Waals surface area contributed by atoms with Gasteiger partial charge in [0.1, 0.15) is 5.82 Å². The Balaban J connectivity index is 1.75. The summed E-state index contributed by atoms with van der Waals surface area (Å²) < 4.78 is 13.5. The molecular formula is C23H25FN2O. The van der Waals surface area contributed by atoms with Crippen molar-refractivity contribution in [1.82, 2.24) is 9.88 Å². The van der Waals surface area contributed by atoms with Crippen molar-refractivity contribution in [2.24, 2.45) is 0 Å². The fourth-order valence-electron chi connectivity index (χ4n) is 4.19. The Hall–Kier alpha value is -2.62. The number of aromatic amines is 1. The van der Waals surface area contributed by atoms with E-state index in [1.807, 2.05) is 11.1 Å². The van der Waals surface area contributed by atoms with Crippen LogP contribution in [-0.4, -0.2) is 28.9 Å². The number of nitrogens with one attached hydrogen (secondary N) is 1. The van der Waals surface area contributed by atoms with Gasteiger partial charge in [-0.3, -0.25) is 4.79 Å². The number of nitrogens with zero attached hydrogens (tertiary/aromatic N) is 1. The van der Waals surface area contributed by atoms with Gasteiger partial charge in [0, 0.05) is 42.5 Å². The van der Waals surface area contributed by atoms with Crippen molar-refractivity contribution >= 4 is 16.8 Å². The molecule has 0 radical (unpaired) electrons. The minimum atomic E-state index is -0.254. The maximum Gasteiger partial charge on any atom is 0.223 e. The van der Waals surface area contributed by atoms with E-state index in [1.54, 1.807) is 12.1 Å². The van der Waals surface area contributed by atoms with Gasteiger partial charge in [-0.2, -0.15) is 0 Å². The topological polar surface area (TPSA) is 36.1 Å². The molecule has 2 aromatic carbocycles. The molecule has 0 saturated carbocycles. The molecule has 4 rings (SSSR count). The molecule has 0 bridgehead atoms. The fraction of sp³-hybridized carbons (Fsp3) is 0.348. The SMILES string of the molecule is CCc1cccc2c(C(CC(=O)N3CCCC3)c3ccc(F)cc3)c[nH]c12. The van der Waals surface area contributed by atoms with E-state index < -0.39 is 0 Å². The normalized spacial score (nSPS) is 15.4. The van der Waals surface area contributed by atoms with Crippen LogP contribution in [0.5, 0.6) is 0 Å². The van der Waals surface area contributed by atoms with Crippen molar-refractivity contribution in [1.29, 1.82) is 0 Å². The third-order valence-corrected chi connectivity index (χ3v) is 5.70. The largest absolute Gasteiger partial charge is 0.361 e. The molecule has 3 aromatic rings. The van der Waals surface area contributed by atoms with Gasteiger partial charge in [0.15, 0.2) is 0 Å². The summed E-state index contributed by atoms with van der Waals surface area (Å²) in [6.45, 7) is 3.84. The van der Waals surface area contributed by atoms with Crippen molar-refractivity contribution in [3.63, 3.8) is 0 Å². The van der Waals surface area contributed by atoms with E-state index in [0.717, 1.165) is 54.4 Å². The average molecular weight is 364 g/mol. The number of hydrogen-bond acceptors (Lipinski definition) is 1. The number of hydrogen-bond donors (Lipinski definition) is 1. The standard InChI is InChI=1S/C23H25FN2O/c1-2-16-6-5-7-19-21(15-25-23(16)19)20(17-8-10-18(24)11-9-17)14-22(27)26-12-3-4-13-26/h5-11,15,20,25H,2-4,12-14H2,1H3. The van der Waals surface area contributed by atoms with Gasteiger partial charge in [-0.25, -0.2) is 4.39 Å². The molecule has 1 saturated heterocycles. The summed E-state index contributed by atoms with van der Waals surface area (Å²) in [6.07, 6.45) is 5.55. The fourth-order valence-corrected chi connectivity index (χ4v) is 4.19. The highest BCUT2D eigenvalue weighted by Gasteiger charge is 2.26.